The highest BCUT2D eigenvalue weighted by atomic mass is 19.1. The topological polar surface area (TPSA) is 152 Å². The highest BCUT2D eigenvalue weighted by molar-refractivity contribution is 6.14. The van der Waals surface area contributed by atoms with Crippen LogP contribution in [-0.2, 0) is 6.54 Å². The number of nitrogen functional groups attached to an aromatic ring is 1. The molecule has 0 aliphatic rings. The normalized spacial score (nSPS) is 12.1. The molecule has 2 radical (unpaired) electrons. The molecule has 0 bridgehead atoms. The summed E-state index contributed by atoms with van der Waals surface area (Å²) in [6, 6.07) is 5.08. The van der Waals surface area contributed by atoms with Gasteiger partial charge in [-0.1, -0.05) is 5.21 Å². The number of halogens is 1. The van der Waals surface area contributed by atoms with Crippen molar-refractivity contribution in [3.05, 3.63) is 24.4 Å². The summed E-state index contributed by atoms with van der Waals surface area (Å²) in [5.41, 5.74) is 7.97. The maximum atomic E-state index is 12.7. The first kappa shape index (κ1) is 17.1. The summed E-state index contributed by atoms with van der Waals surface area (Å²) in [6.45, 7) is -0.576. The number of aromatic nitrogens is 7. The number of aryl methyl sites for hydroxylation is 1. The Labute approximate surface area is 152 Å². The number of rotatable bonds is 5. The minimum atomic E-state index is -2.72. The van der Waals surface area contributed by atoms with E-state index in [4.69, 9.17) is 13.6 Å². The number of nitrogens with zero attached hydrogens (tertiary/aromatic N) is 7. The van der Waals surface area contributed by atoms with Gasteiger partial charge in [0.25, 0.3) is 0 Å². The zero-order valence-electron chi connectivity index (χ0n) is 13.8. The summed E-state index contributed by atoms with van der Waals surface area (Å²) in [7, 11) is 5.20. The minimum Gasteiger partial charge on any atom is -0.366 e. The maximum Gasteiger partial charge on any atom is 0.240 e. The van der Waals surface area contributed by atoms with Crippen LogP contribution in [0, 0.1) is 0 Å². The molecule has 0 saturated carbocycles. The Kier molecular flexibility index (Phi) is 3.89. The van der Waals surface area contributed by atoms with Crippen LogP contribution in [0.5, 0.6) is 0 Å². The Balaban J connectivity index is 1.91. The SMILES string of the molecule is [B]C(O)(O)Nc1nc(N)nn2ccc(-c3ccc4nnn(CCF)c4n3)c12. The predicted molar refractivity (Wildman–Crippen MR) is 94.2 cm³/mol. The average molecular weight is 369 g/mol. The first-order valence-corrected chi connectivity index (χ1v) is 7.79. The fraction of sp³-hybridized carbons (Fsp3) is 0.214. The van der Waals surface area contributed by atoms with Crippen LogP contribution in [0.4, 0.5) is 16.2 Å². The van der Waals surface area contributed by atoms with E-state index in [9.17, 15) is 14.6 Å². The summed E-state index contributed by atoms with van der Waals surface area (Å²) < 4.78 is 15.5. The van der Waals surface area contributed by atoms with E-state index in [-0.39, 0.29) is 18.3 Å². The number of fused-ring (bicyclic) bond motifs is 2. The number of anilines is 2. The largest absolute Gasteiger partial charge is 0.366 e. The molecular formula is C14H13BFN9O2. The number of pyridine rings is 1. The van der Waals surface area contributed by atoms with Crippen molar-refractivity contribution in [2.45, 2.75) is 12.4 Å². The smallest absolute Gasteiger partial charge is 0.240 e. The van der Waals surface area contributed by atoms with Gasteiger partial charge < -0.3 is 21.3 Å². The second-order valence-electron chi connectivity index (χ2n) is 5.73. The van der Waals surface area contributed by atoms with Crippen LogP contribution in [0.2, 0.25) is 0 Å². The molecule has 0 aliphatic carbocycles. The van der Waals surface area contributed by atoms with Crippen LogP contribution in [0.15, 0.2) is 24.4 Å². The molecule has 4 heterocycles. The highest BCUT2D eigenvalue weighted by Crippen LogP contribution is 2.30. The van der Waals surface area contributed by atoms with Gasteiger partial charge in [-0.3, -0.25) is 0 Å². The van der Waals surface area contributed by atoms with E-state index >= 15 is 0 Å². The highest BCUT2D eigenvalue weighted by Gasteiger charge is 2.21. The molecule has 13 heteroatoms. The summed E-state index contributed by atoms with van der Waals surface area (Å²) in [4.78, 5) is 8.47. The third-order valence-electron chi connectivity index (χ3n) is 3.76. The minimum absolute atomic E-state index is 0.00714. The van der Waals surface area contributed by atoms with Crippen LogP contribution in [0.3, 0.4) is 0 Å². The molecule has 4 aromatic rings. The van der Waals surface area contributed by atoms with E-state index in [1.54, 1.807) is 24.4 Å². The number of alkyl halides is 1. The molecule has 0 unspecified atom stereocenters. The van der Waals surface area contributed by atoms with Gasteiger partial charge in [0.15, 0.2) is 25.1 Å². The van der Waals surface area contributed by atoms with E-state index in [1.165, 1.54) is 9.20 Å². The van der Waals surface area contributed by atoms with Gasteiger partial charge in [-0.05, 0) is 18.2 Å². The predicted octanol–water partition coefficient (Wildman–Crippen LogP) is -0.736. The molecule has 0 aliphatic heterocycles. The number of hydrogen-bond donors (Lipinski definition) is 4. The van der Waals surface area contributed by atoms with Gasteiger partial charge in [-0.25, -0.2) is 18.6 Å². The van der Waals surface area contributed by atoms with E-state index in [1.807, 2.05) is 0 Å². The summed E-state index contributed by atoms with van der Waals surface area (Å²) in [5, 5.41) is 33.1. The zero-order chi connectivity index (χ0) is 19.2. The standard InChI is InChI=1S/C14H13BFN9O2/c15-14(26,27)20-11-10-7(3-5-24(10)22-13(17)19-11)8-1-2-9-12(18-8)25(6-4-16)23-21-9/h1-3,5,26-27H,4,6H2,(H3,17,19,20,22). The molecular weight excluding hydrogens is 356 g/mol. The molecule has 0 aromatic carbocycles. The van der Waals surface area contributed by atoms with Crippen molar-refractivity contribution >= 4 is 36.3 Å². The Morgan fingerprint density at radius 3 is 2.81 bits per heavy atom. The van der Waals surface area contributed by atoms with Crippen LogP contribution in [0.1, 0.15) is 0 Å². The van der Waals surface area contributed by atoms with Gasteiger partial charge in [0.05, 0.1) is 12.2 Å². The Bertz CT molecular complexity index is 1140. The fourth-order valence-electron chi connectivity index (χ4n) is 2.74. The molecule has 0 amide bonds. The molecule has 4 aromatic heterocycles. The molecule has 0 saturated heterocycles. The lowest BCUT2D eigenvalue weighted by Gasteiger charge is -2.20. The van der Waals surface area contributed by atoms with Gasteiger partial charge >= 0.3 is 0 Å². The molecule has 11 nitrogen and oxygen atoms in total. The third-order valence-corrected chi connectivity index (χ3v) is 3.76. The second-order valence-corrected chi connectivity index (χ2v) is 5.73. The van der Waals surface area contributed by atoms with Crippen molar-refractivity contribution in [3.8, 4) is 11.3 Å². The first-order chi connectivity index (χ1) is 12.9. The maximum absolute atomic E-state index is 12.7. The van der Waals surface area contributed by atoms with Crippen LogP contribution < -0.4 is 11.1 Å². The first-order valence-electron chi connectivity index (χ1n) is 7.79. The quantitative estimate of drug-likeness (QED) is 0.263. The van der Waals surface area contributed by atoms with Crippen LogP contribution >= 0.6 is 0 Å². The Morgan fingerprint density at radius 1 is 1.26 bits per heavy atom. The fourth-order valence-corrected chi connectivity index (χ4v) is 2.74. The molecule has 0 atom stereocenters. The number of nitrogens with one attached hydrogen (secondary N) is 1. The molecule has 0 spiro atoms. The number of hydrogen-bond acceptors (Lipinski definition) is 9. The lowest BCUT2D eigenvalue weighted by Crippen LogP contribution is -2.38. The van der Waals surface area contributed by atoms with Gasteiger partial charge in [-0.15, -0.1) is 10.2 Å². The van der Waals surface area contributed by atoms with Crippen molar-refractivity contribution in [3.63, 3.8) is 0 Å². The van der Waals surface area contributed by atoms with Crippen molar-refractivity contribution in [2.24, 2.45) is 0 Å². The van der Waals surface area contributed by atoms with E-state index < -0.39 is 12.5 Å². The van der Waals surface area contributed by atoms with Gasteiger partial charge in [-0.2, -0.15) is 4.98 Å². The number of nitrogens with two attached hydrogens (primary N) is 1. The lowest BCUT2D eigenvalue weighted by molar-refractivity contribution is -0.0595. The van der Waals surface area contributed by atoms with Gasteiger partial charge in [0.1, 0.15) is 17.7 Å². The molecule has 0 fully saturated rings. The molecule has 4 rings (SSSR count). The second kappa shape index (κ2) is 6.14. The van der Waals surface area contributed by atoms with E-state index in [2.05, 4.69) is 30.7 Å². The van der Waals surface area contributed by atoms with Crippen LogP contribution in [0.25, 0.3) is 27.9 Å². The van der Waals surface area contributed by atoms with Crippen LogP contribution in [-0.4, -0.2) is 65.1 Å². The number of aliphatic hydroxyl groups is 2. The Hall–Kier alpha value is -3.32. The summed E-state index contributed by atoms with van der Waals surface area (Å²) in [6.07, 6.45) is 1.60. The van der Waals surface area contributed by atoms with Gasteiger partial charge in [0.2, 0.25) is 5.95 Å². The lowest BCUT2D eigenvalue weighted by atomic mass is 10.0. The molecule has 27 heavy (non-hydrogen) atoms. The van der Waals surface area contributed by atoms with E-state index in [0.717, 1.165) is 0 Å². The Morgan fingerprint density at radius 2 is 2.07 bits per heavy atom. The summed E-state index contributed by atoms with van der Waals surface area (Å²) in [5.74, 6) is -2.83. The van der Waals surface area contributed by atoms with Crippen molar-refractivity contribution < 1.29 is 14.6 Å². The summed E-state index contributed by atoms with van der Waals surface area (Å²) >= 11 is 0. The van der Waals surface area contributed by atoms with E-state index in [0.29, 0.717) is 27.9 Å². The van der Waals surface area contributed by atoms with Gasteiger partial charge in [0, 0.05) is 11.8 Å². The molecule has 136 valence electrons. The average Bonchev–Trinajstić information content (AvgIpc) is 3.17. The molecule has 5 N–H and O–H groups in total. The monoisotopic (exact) mass is 369 g/mol. The van der Waals surface area contributed by atoms with Crippen molar-refractivity contribution in [2.75, 3.05) is 17.7 Å². The van der Waals surface area contributed by atoms with Crippen molar-refractivity contribution in [1.29, 1.82) is 0 Å². The zero-order valence-corrected chi connectivity index (χ0v) is 13.8. The third kappa shape index (κ3) is 3.13. The van der Waals surface area contributed by atoms with Crippen molar-refractivity contribution in [1.82, 2.24) is 34.6 Å².